The van der Waals surface area contributed by atoms with E-state index in [0.717, 1.165) is 22.5 Å². The standard InChI is InChI=1S/C15H13ClN4/c1-10-2-3-12(16)14(6-10)20-9-19-8-15(20)11-7-18-5-4-13(11)17/h2-9H,1H3,(H2,17,18). The van der Waals surface area contributed by atoms with E-state index < -0.39 is 0 Å². The summed E-state index contributed by atoms with van der Waals surface area (Å²) in [5.74, 6) is 0. The van der Waals surface area contributed by atoms with E-state index in [1.807, 2.05) is 29.7 Å². The average Bonchev–Trinajstić information content (AvgIpc) is 2.91. The van der Waals surface area contributed by atoms with Crippen molar-refractivity contribution in [2.45, 2.75) is 6.92 Å². The molecular formula is C15H13ClN4. The number of anilines is 1. The van der Waals surface area contributed by atoms with Gasteiger partial charge in [0, 0.05) is 23.6 Å². The third-order valence-corrected chi connectivity index (χ3v) is 3.45. The Kier molecular flexibility index (Phi) is 3.16. The number of nitrogen functional groups attached to an aromatic ring is 1. The summed E-state index contributed by atoms with van der Waals surface area (Å²) in [7, 11) is 0. The normalized spacial score (nSPS) is 10.7. The maximum absolute atomic E-state index is 6.29. The first-order valence-electron chi connectivity index (χ1n) is 6.15. The van der Waals surface area contributed by atoms with Gasteiger partial charge in [0.05, 0.1) is 28.9 Å². The van der Waals surface area contributed by atoms with Crippen LogP contribution in [0.1, 0.15) is 5.56 Å². The number of rotatable bonds is 2. The Labute approximate surface area is 121 Å². The van der Waals surface area contributed by atoms with Gasteiger partial charge in [-0.25, -0.2) is 4.98 Å². The number of nitrogens with two attached hydrogens (primary N) is 1. The lowest BCUT2D eigenvalue weighted by molar-refractivity contribution is 1.06. The molecule has 0 aliphatic heterocycles. The number of halogens is 1. The molecule has 4 nitrogen and oxygen atoms in total. The largest absolute Gasteiger partial charge is 0.398 e. The monoisotopic (exact) mass is 284 g/mol. The van der Waals surface area contributed by atoms with E-state index in [-0.39, 0.29) is 0 Å². The van der Waals surface area contributed by atoms with Crippen molar-refractivity contribution in [2.24, 2.45) is 0 Å². The third-order valence-electron chi connectivity index (χ3n) is 3.13. The SMILES string of the molecule is Cc1ccc(Cl)c(-n2cncc2-c2cnccc2N)c1. The van der Waals surface area contributed by atoms with Gasteiger partial charge in [0.15, 0.2) is 0 Å². The minimum absolute atomic E-state index is 0.658. The Morgan fingerprint density at radius 3 is 2.80 bits per heavy atom. The number of hydrogen-bond donors (Lipinski definition) is 1. The van der Waals surface area contributed by atoms with Crippen molar-refractivity contribution in [3.05, 3.63) is 59.8 Å². The molecule has 0 unspecified atom stereocenters. The van der Waals surface area contributed by atoms with Crippen LogP contribution in [0.25, 0.3) is 16.9 Å². The topological polar surface area (TPSA) is 56.7 Å². The van der Waals surface area contributed by atoms with Gasteiger partial charge in [-0.05, 0) is 30.7 Å². The van der Waals surface area contributed by atoms with Gasteiger partial charge in [0.25, 0.3) is 0 Å². The van der Waals surface area contributed by atoms with Crippen LogP contribution in [0.3, 0.4) is 0 Å². The first-order valence-corrected chi connectivity index (χ1v) is 6.53. The fourth-order valence-electron chi connectivity index (χ4n) is 2.11. The Morgan fingerprint density at radius 1 is 1.15 bits per heavy atom. The molecule has 5 heteroatoms. The second-order valence-corrected chi connectivity index (χ2v) is 4.97. The Bertz CT molecular complexity index is 764. The van der Waals surface area contributed by atoms with Crippen molar-refractivity contribution >= 4 is 17.3 Å². The third kappa shape index (κ3) is 2.14. The van der Waals surface area contributed by atoms with Crippen LogP contribution in [0.5, 0.6) is 0 Å². The van der Waals surface area contributed by atoms with Gasteiger partial charge in [-0.1, -0.05) is 17.7 Å². The second-order valence-electron chi connectivity index (χ2n) is 4.57. The summed E-state index contributed by atoms with van der Waals surface area (Å²) in [6.45, 7) is 2.02. The molecular weight excluding hydrogens is 272 g/mol. The summed E-state index contributed by atoms with van der Waals surface area (Å²) in [4.78, 5) is 8.33. The predicted molar refractivity (Wildman–Crippen MR) is 81.0 cm³/mol. The lowest BCUT2D eigenvalue weighted by Crippen LogP contribution is -1.99. The number of pyridine rings is 1. The van der Waals surface area contributed by atoms with Crippen LogP contribution in [0.2, 0.25) is 5.02 Å². The highest BCUT2D eigenvalue weighted by Gasteiger charge is 2.12. The van der Waals surface area contributed by atoms with E-state index in [9.17, 15) is 0 Å². The molecule has 2 N–H and O–H groups in total. The van der Waals surface area contributed by atoms with Gasteiger partial charge >= 0.3 is 0 Å². The number of aromatic nitrogens is 3. The number of benzene rings is 1. The summed E-state index contributed by atoms with van der Waals surface area (Å²) in [6, 6.07) is 7.63. The van der Waals surface area contributed by atoms with Crippen LogP contribution < -0.4 is 5.73 Å². The maximum atomic E-state index is 6.29. The first-order chi connectivity index (χ1) is 9.66. The first kappa shape index (κ1) is 12.7. The minimum Gasteiger partial charge on any atom is -0.398 e. The minimum atomic E-state index is 0.658. The summed E-state index contributed by atoms with van der Waals surface area (Å²) < 4.78 is 1.92. The zero-order chi connectivity index (χ0) is 14.1. The number of nitrogens with zero attached hydrogens (tertiary/aromatic N) is 3. The lowest BCUT2D eigenvalue weighted by atomic mass is 10.1. The number of hydrogen-bond acceptors (Lipinski definition) is 3. The summed E-state index contributed by atoms with van der Waals surface area (Å²) >= 11 is 6.29. The highest BCUT2D eigenvalue weighted by Crippen LogP contribution is 2.30. The molecule has 2 aromatic heterocycles. The molecule has 0 saturated heterocycles. The molecule has 2 heterocycles. The van der Waals surface area contributed by atoms with Crippen molar-refractivity contribution in [1.29, 1.82) is 0 Å². The molecule has 20 heavy (non-hydrogen) atoms. The van der Waals surface area contributed by atoms with Gasteiger partial charge in [-0.3, -0.25) is 9.55 Å². The van der Waals surface area contributed by atoms with Gasteiger partial charge in [0.1, 0.15) is 0 Å². The Balaban J connectivity index is 2.21. The van der Waals surface area contributed by atoms with Crippen LogP contribution in [-0.2, 0) is 0 Å². The highest BCUT2D eigenvalue weighted by molar-refractivity contribution is 6.32. The highest BCUT2D eigenvalue weighted by atomic mass is 35.5. The molecule has 0 atom stereocenters. The smallest absolute Gasteiger partial charge is 0.0997 e. The molecule has 100 valence electrons. The van der Waals surface area contributed by atoms with E-state index in [2.05, 4.69) is 9.97 Å². The summed E-state index contributed by atoms with van der Waals surface area (Å²) in [5, 5.41) is 0.664. The molecule has 1 aromatic carbocycles. The zero-order valence-corrected chi connectivity index (χ0v) is 11.7. The van der Waals surface area contributed by atoms with E-state index >= 15 is 0 Å². The Hall–Kier alpha value is -2.33. The van der Waals surface area contributed by atoms with Crippen LogP contribution in [0.4, 0.5) is 5.69 Å². The average molecular weight is 285 g/mol. The number of aryl methyl sites for hydroxylation is 1. The van der Waals surface area contributed by atoms with Crippen molar-refractivity contribution in [3.63, 3.8) is 0 Å². The van der Waals surface area contributed by atoms with Crippen LogP contribution in [0.15, 0.2) is 49.2 Å². The van der Waals surface area contributed by atoms with Crippen molar-refractivity contribution < 1.29 is 0 Å². The van der Waals surface area contributed by atoms with Gasteiger partial charge in [-0.15, -0.1) is 0 Å². The lowest BCUT2D eigenvalue weighted by Gasteiger charge is -2.12. The van der Waals surface area contributed by atoms with Gasteiger partial charge in [0.2, 0.25) is 0 Å². The van der Waals surface area contributed by atoms with Crippen molar-refractivity contribution in [3.8, 4) is 16.9 Å². The molecule has 0 aliphatic carbocycles. The fraction of sp³-hybridized carbons (Fsp3) is 0.0667. The summed E-state index contributed by atoms with van der Waals surface area (Å²) in [6.07, 6.45) is 6.88. The van der Waals surface area contributed by atoms with Crippen LogP contribution in [0, 0.1) is 6.92 Å². The molecule has 0 fully saturated rings. The summed E-state index contributed by atoms with van der Waals surface area (Å²) in [5.41, 5.74) is 10.4. The molecule has 0 bridgehead atoms. The molecule has 0 amide bonds. The van der Waals surface area contributed by atoms with E-state index in [1.54, 1.807) is 31.0 Å². The van der Waals surface area contributed by atoms with Crippen molar-refractivity contribution in [2.75, 3.05) is 5.73 Å². The Morgan fingerprint density at radius 2 is 2.00 bits per heavy atom. The zero-order valence-electron chi connectivity index (χ0n) is 10.9. The maximum Gasteiger partial charge on any atom is 0.0997 e. The van der Waals surface area contributed by atoms with Gasteiger partial charge < -0.3 is 5.73 Å². The molecule has 0 saturated carbocycles. The molecule has 3 aromatic rings. The molecule has 0 radical (unpaired) electrons. The molecule has 0 spiro atoms. The van der Waals surface area contributed by atoms with Crippen LogP contribution >= 0.6 is 11.6 Å². The molecule has 3 rings (SSSR count). The van der Waals surface area contributed by atoms with E-state index in [4.69, 9.17) is 17.3 Å². The van der Waals surface area contributed by atoms with Crippen molar-refractivity contribution in [1.82, 2.24) is 14.5 Å². The van der Waals surface area contributed by atoms with E-state index in [1.165, 1.54) is 0 Å². The van der Waals surface area contributed by atoms with Crippen LogP contribution in [-0.4, -0.2) is 14.5 Å². The van der Waals surface area contributed by atoms with Gasteiger partial charge in [-0.2, -0.15) is 0 Å². The molecule has 0 aliphatic rings. The quantitative estimate of drug-likeness (QED) is 0.784. The predicted octanol–water partition coefficient (Wildman–Crippen LogP) is 3.48. The fourth-order valence-corrected chi connectivity index (χ4v) is 2.32. The second kappa shape index (κ2) is 4.98. The number of imidazole rings is 1. The van der Waals surface area contributed by atoms with E-state index in [0.29, 0.717) is 10.7 Å².